The van der Waals surface area contributed by atoms with E-state index in [0.29, 0.717) is 6.42 Å². The molecule has 0 bridgehead atoms. The van der Waals surface area contributed by atoms with E-state index < -0.39 is 11.7 Å². The Bertz CT molecular complexity index is 365. The summed E-state index contributed by atoms with van der Waals surface area (Å²) in [6.07, 6.45) is -3.03. The highest BCUT2D eigenvalue weighted by molar-refractivity contribution is 5.35. The second kappa shape index (κ2) is 6.64. The van der Waals surface area contributed by atoms with E-state index in [1.165, 1.54) is 12.1 Å². The van der Waals surface area contributed by atoms with Crippen molar-refractivity contribution in [1.29, 1.82) is 0 Å². The number of para-hydroxylation sites is 1. The summed E-state index contributed by atoms with van der Waals surface area (Å²) in [7, 11) is 1.84. The van der Waals surface area contributed by atoms with E-state index in [-0.39, 0.29) is 11.9 Å². The van der Waals surface area contributed by atoms with Crippen molar-refractivity contribution in [3.05, 3.63) is 29.8 Å². The highest BCUT2D eigenvalue weighted by atomic mass is 19.4. The van der Waals surface area contributed by atoms with Crippen molar-refractivity contribution < 1.29 is 17.9 Å². The van der Waals surface area contributed by atoms with Crippen LogP contribution in [0.25, 0.3) is 0 Å². The second-order valence-electron chi connectivity index (χ2n) is 4.17. The molecular weight excluding hydrogens is 243 g/mol. The van der Waals surface area contributed by atoms with Crippen LogP contribution in [0.3, 0.4) is 0 Å². The Balaban J connectivity index is 2.66. The molecule has 1 aromatic carbocycles. The van der Waals surface area contributed by atoms with Crippen LogP contribution >= 0.6 is 0 Å². The maximum atomic E-state index is 12.7. The van der Waals surface area contributed by atoms with Gasteiger partial charge in [-0.15, -0.1) is 0 Å². The number of rotatable bonds is 6. The van der Waals surface area contributed by atoms with Gasteiger partial charge in [-0.05, 0) is 45.5 Å². The minimum Gasteiger partial charge on any atom is -0.490 e. The molecule has 1 rings (SSSR count). The van der Waals surface area contributed by atoms with Crippen LogP contribution < -0.4 is 10.1 Å². The van der Waals surface area contributed by atoms with E-state index in [4.69, 9.17) is 4.74 Å². The van der Waals surface area contributed by atoms with Gasteiger partial charge < -0.3 is 10.1 Å². The molecule has 1 atom stereocenters. The van der Waals surface area contributed by atoms with Crippen LogP contribution in [0.5, 0.6) is 5.75 Å². The van der Waals surface area contributed by atoms with E-state index in [9.17, 15) is 13.2 Å². The lowest BCUT2D eigenvalue weighted by Crippen LogP contribution is -2.17. The predicted octanol–water partition coefficient (Wildman–Crippen LogP) is 3.47. The van der Waals surface area contributed by atoms with Gasteiger partial charge >= 0.3 is 6.18 Å². The first-order valence-electron chi connectivity index (χ1n) is 5.92. The van der Waals surface area contributed by atoms with E-state index in [1.807, 2.05) is 7.05 Å². The zero-order valence-electron chi connectivity index (χ0n) is 10.6. The van der Waals surface area contributed by atoms with Gasteiger partial charge in [-0.25, -0.2) is 0 Å². The molecule has 0 radical (unpaired) electrons. The van der Waals surface area contributed by atoms with Crippen molar-refractivity contribution in [2.75, 3.05) is 13.6 Å². The van der Waals surface area contributed by atoms with E-state index >= 15 is 0 Å². The summed E-state index contributed by atoms with van der Waals surface area (Å²) in [5.74, 6) is -0.0954. The van der Waals surface area contributed by atoms with Crippen LogP contribution in [0.15, 0.2) is 24.3 Å². The fourth-order valence-corrected chi connectivity index (χ4v) is 1.65. The first kappa shape index (κ1) is 14.8. The van der Waals surface area contributed by atoms with E-state index in [1.54, 1.807) is 13.0 Å². The van der Waals surface area contributed by atoms with Gasteiger partial charge in [-0.1, -0.05) is 12.1 Å². The highest BCUT2D eigenvalue weighted by Crippen LogP contribution is 2.36. The number of hydrogen-bond acceptors (Lipinski definition) is 2. The summed E-state index contributed by atoms with van der Waals surface area (Å²) < 4.78 is 43.5. The highest BCUT2D eigenvalue weighted by Gasteiger charge is 2.34. The fourth-order valence-electron chi connectivity index (χ4n) is 1.65. The molecule has 18 heavy (non-hydrogen) atoms. The standard InChI is InChI=1S/C13H18F3NO/c1-10(6-5-9-17-2)18-12-8-4-3-7-11(12)13(14,15)16/h3-4,7-8,10,17H,5-6,9H2,1-2H3. The summed E-state index contributed by atoms with van der Waals surface area (Å²) in [4.78, 5) is 0. The number of nitrogens with one attached hydrogen (secondary N) is 1. The van der Waals surface area contributed by atoms with Crippen LogP contribution in [0.1, 0.15) is 25.3 Å². The van der Waals surface area contributed by atoms with Crippen molar-refractivity contribution in [2.24, 2.45) is 0 Å². The largest absolute Gasteiger partial charge is 0.490 e. The molecule has 1 unspecified atom stereocenters. The molecule has 0 aliphatic heterocycles. The average molecular weight is 261 g/mol. The van der Waals surface area contributed by atoms with Crippen LogP contribution in [0.4, 0.5) is 13.2 Å². The maximum absolute atomic E-state index is 12.7. The molecule has 0 aromatic heterocycles. The van der Waals surface area contributed by atoms with Crippen molar-refractivity contribution in [3.8, 4) is 5.75 Å². The smallest absolute Gasteiger partial charge is 0.419 e. The molecule has 0 spiro atoms. The van der Waals surface area contributed by atoms with Crippen LogP contribution in [-0.2, 0) is 6.18 Å². The van der Waals surface area contributed by atoms with E-state index in [0.717, 1.165) is 19.0 Å². The summed E-state index contributed by atoms with van der Waals surface area (Å²) in [5, 5.41) is 2.99. The molecule has 0 saturated heterocycles. The number of hydrogen-bond donors (Lipinski definition) is 1. The molecule has 0 amide bonds. The summed E-state index contributed by atoms with van der Waals surface area (Å²) in [6, 6.07) is 5.30. The Morgan fingerprint density at radius 2 is 1.94 bits per heavy atom. The van der Waals surface area contributed by atoms with Gasteiger partial charge in [-0.2, -0.15) is 13.2 Å². The summed E-state index contributed by atoms with van der Waals surface area (Å²) >= 11 is 0. The molecule has 5 heteroatoms. The zero-order valence-corrected chi connectivity index (χ0v) is 10.6. The van der Waals surface area contributed by atoms with Crippen molar-refractivity contribution >= 4 is 0 Å². The van der Waals surface area contributed by atoms with Gasteiger partial charge in [0.05, 0.1) is 11.7 Å². The topological polar surface area (TPSA) is 21.3 Å². The molecule has 102 valence electrons. The van der Waals surface area contributed by atoms with Crippen molar-refractivity contribution in [3.63, 3.8) is 0 Å². The van der Waals surface area contributed by atoms with Crippen molar-refractivity contribution in [2.45, 2.75) is 32.0 Å². The average Bonchev–Trinajstić information content (AvgIpc) is 2.28. The lowest BCUT2D eigenvalue weighted by molar-refractivity contribution is -0.139. The Morgan fingerprint density at radius 3 is 2.56 bits per heavy atom. The Morgan fingerprint density at radius 1 is 1.28 bits per heavy atom. The third-order valence-electron chi connectivity index (χ3n) is 2.56. The minimum absolute atomic E-state index is 0.0954. The molecular formula is C13H18F3NO. The molecule has 0 aliphatic rings. The normalized spacial score (nSPS) is 13.4. The monoisotopic (exact) mass is 261 g/mol. The lowest BCUT2D eigenvalue weighted by Gasteiger charge is -2.18. The number of alkyl halides is 3. The molecule has 2 nitrogen and oxygen atoms in total. The quantitative estimate of drug-likeness (QED) is 0.792. The van der Waals surface area contributed by atoms with Gasteiger partial charge in [0.2, 0.25) is 0 Å². The molecule has 0 fully saturated rings. The summed E-state index contributed by atoms with van der Waals surface area (Å²) in [6.45, 7) is 2.61. The lowest BCUT2D eigenvalue weighted by atomic mass is 10.1. The third kappa shape index (κ3) is 4.56. The Labute approximate surface area is 105 Å². The molecule has 0 heterocycles. The summed E-state index contributed by atoms with van der Waals surface area (Å²) in [5.41, 5.74) is -0.717. The van der Waals surface area contributed by atoms with Crippen LogP contribution in [0, 0.1) is 0 Å². The van der Waals surface area contributed by atoms with Gasteiger partial charge in [0.1, 0.15) is 5.75 Å². The molecule has 1 N–H and O–H groups in total. The number of benzene rings is 1. The number of halogens is 3. The first-order valence-corrected chi connectivity index (χ1v) is 5.92. The van der Waals surface area contributed by atoms with Crippen LogP contribution in [0.2, 0.25) is 0 Å². The molecule has 0 saturated carbocycles. The molecule has 0 aliphatic carbocycles. The predicted molar refractivity (Wildman–Crippen MR) is 64.7 cm³/mol. The van der Waals surface area contributed by atoms with Gasteiger partial charge in [0.15, 0.2) is 0 Å². The maximum Gasteiger partial charge on any atom is 0.419 e. The van der Waals surface area contributed by atoms with Gasteiger partial charge in [0, 0.05) is 0 Å². The van der Waals surface area contributed by atoms with E-state index in [2.05, 4.69) is 5.32 Å². The third-order valence-corrected chi connectivity index (χ3v) is 2.56. The minimum atomic E-state index is -4.37. The zero-order chi connectivity index (χ0) is 13.6. The SMILES string of the molecule is CNCCCC(C)Oc1ccccc1C(F)(F)F. The van der Waals surface area contributed by atoms with Crippen LogP contribution in [-0.4, -0.2) is 19.7 Å². The number of ether oxygens (including phenoxy) is 1. The van der Waals surface area contributed by atoms with Gasteiger partial charge in [0.25, 0.3) is 0 Å². The van der Waals surface area contributed by atoms with Crippen molar-refractivity contribution in [1.82, 2.24) is 5.32 Å². The second-order valence-corrected chi connectivity index (χ2v) is 4.17. The fraction of sp³-hybridized carbons (Fsp3) is 0.538. The Hall–Kier alpha value is -1.23. The first-order chi connectivity index (χ1) is 8.45. The molecule has 1 aromatic rings. The Kier molecular flexibility index (Phi) is 5.47. The van der Waals surface area contributed by atoms with Gasteiger partial charge in [-0.3, -0.25) is 0 Å².